The summed E-state index contributed by atoms with van der Waals surface area (Å²) in [6, 6.07) is 16.1. The van der Waals surface area contributed by atoms with Crippen LogP contribution >= 0.6 is 0 Å². The van der Waals surface area contributed by atoms with Gasteiger partial charge in [-0.3, -0.25) is 9.59 Å². The Labute approximate surface area is 148 Å². The summed E-state index contributed by atoms with van der Waals surface area (Å²) in [5.74, 6) is -0.422. The van der Waals surface area contributed by atoms with E-state index in [1.165, 1.54) is 0 Å². The highest BCUT2D eigenvalue weighted by Crippen LogP contribution is 2.16. The number of aliphatic hydroxyl groups excluding tert-OH is 1. The van der Waals surface area contributed by atoms with Crippen LogP contribution in [0.3, 0.4) is 0 Å². The first kappa shape index (κ1) is 18.7. The van der Waals surface area contributed by atoms with Crippen molar-refractivity contribution in [2.24, 2.45) is 0 Å². The van der Waals surface area contributed by atoms with E-state index in [1.54, 1.807) is 31.2 Å². The van der Waals surface area contributed by atoms with Crippen LogP contribution < -0.4 is 10.6 Å². The van der Waals surface area contributed by atoms with Gasteiger partial charge in [0.25, 0.3) is 5.91 Å². The standard InChI is InChI=1S/C20H24N2O3/c1-14-8-6-7-11-17(14)18(23)13-21-19(24)12-15(2)22-20(25)16-9-4-3-5-10-16/h3-11,15,18,23H,12-13H2,1-2H3,(H,21,24)(H,22,25). The lowest BCUT2D eigenvalue weighted by Gasteiger charge is -2.17. The summed E-state index contributed by atoms with van der Waals surface area (Å²) in [7, 11) is 0. The second-order valence-electron chi connectivity index (χ2n) is 6.12. The molecule has 3 N–H and O–H groups in total. The molecule has 5 heteroatoms. The number of carbonyl (C=O) groups is 2. The van der Waals surface area contributed by atoms with Gasteiger partial charge in [-0.05, 0) is 37.1 Å². The number of rotatable bonds is 7. The summed E-state index contributed by atoms with van der Waals surface area (Å²) in [6.45, 7) is 3.84. The molecular weight excluding hydrogens is 316 g/mol. The molecule has 0 aliphatic rings. The minimum Gasteiger partial charge on any atom is -0.387 e. The number of hydrogen-bond acceptors (Lipinski definition) is 3. The van der Waals surface area contributed by atoms with Gasteiger partial charge in [0.05, 0.1) is 6.10 Å². The molecule has 25 heavy (non-hydrogen) atoms. The molecule has 2 atom stereocenters. The largest absolute Gasteiger partial charge is 0.387 e. The highest BCUT2D eigenvalue weighted by Gasteiger charge is 2.15. The van der Waals surface area contributed by atoms with Crippen LogP contribution in [0.25, 0.3) is 0 Å². The van der Waals surface area contributed by atoms with Gasteiger partial charge in [0.1, 0.15) is 0 Å². The lowest BCUT2D eigenvalue weighted by Crippen LogP contribution is -2.38. The number of carbonyl (C=O) groups excluding carboxylic acids is 2. The molecule has 0 spiro atoms. The fourth-order valence-electron chi connectivity index (χ4n) is 2.58. The number of aliphatic hydroxyl groups is 1. The zero-order chi connectivity index (χ0) is 18.2. The van der Waals surface area contributed by atoms with Crippen LogP contribution in [0.4, 0.5) is 0 Å². The summed E-state index contributed by atoms with van der Waals surface area (Å²) in [6.07, 6.45) is -0.599. The average Bonchev–Trinajstić information content (AvgIpc) is 2.60. The number of nitrogens with one attached hydrogen (secondary N) is 2. The van der Waals surface area contributed by atoms with E-state index in [0.29, 0.717) is 5.56 Å². The van der Waals surface area contributed by atoms with Crippen molar-refractivity contribution in [2.75, 3.05) is 6.54 Å². The van der Waals surface area contributed by atoms with Gasteiger partial charge in [-0.25, -0.2) is 0 Å². The van der Waals surface area contributed by atoms with E-state index in [1.807, 2.05) is 37.3 Å². The number of hydrogen-bond donors (Lipinski definition) is 3. The van der Waals surface area contributed by atoms with Gasteiger partial charge in [0.15, 0.2) is 0 Å². The van der Waals surface area contributed by atoms with Crippen molar-refractivity contribution in [1.29, 1.82) is 0 Å². The molecule has 2 rings (SSSR count). The van der Waals surface area contributed by atoms with Gasteiger partial charge in [-0.2, -0.15) is 0 Å². The molecular formula is C20H24N2O3. The maximum atomic E-state index is 12.0. The van der Waals surface area contributed by atoms with Crippen LogP contribution in [0.2, 0.25) is 0 Å². The Hall–Kier alpha value is -2.66. The van der Waals surface area contributed by atoms with Gasteiger partial charge in [-0.15, -0.1) is 0 Å². The highest BCUT2D eigenvalue weighted by atomic mass is 16.3. The first-order chi connectivity index (χ1) is 12.0. The van der Waals surface area contributed by atoms with Crippen molar-refractivity contribution in [3.63, 3.8) is 0 Å². The molecule has 0 radical (unpaired) electrons. The second-order valence-corrected chi connectivity index (χ2v) is 6.12. The van der Waals surface area contributed by atoms with Crippen LogP contribution in [0.1, 0.15) is 40.9 Å². The molecule has 0 saturated heterocycles. The van der Waals surface area contributed by atoms with Crippen molar-refractivity contribution in [2.45, 2.75) is 32.4 Å². The Kier molecular flexibility index (Phi) is 6.71. The van der Waals surface area contributed by atoms with Gasteiger partial charge < -0.3 is 15.7 Å². The molecule has 0 heterocycles. The van der Waals surface area contributed by atoms with E-state index < -0.39 is 6.10 Å². The summed E-state index contributed by atoms with van der Waals surface area (Å²) in [5.41, 5.74) is 2.34. The van der Waals surface area contributed by atoms with E-state index in [4.69, 9.17) is 0 Å². The monoisotopic (exact) mass is 340 g/mol. The predicted molar refractivity (Wildman–Crippen MR) is 97.1 cm³/mol. The Morgan fingerprint density at radius 1 is 1.04 bits per heavy atom. The maximum Gasteiger partial charge on any atom is 0.251 e. The maximum absolute atomic E-state index is 12.0. The number of amides is 2. The second kappa shape index (κ2) is 8.99. The van der Waals surface area contributed by atoms with E-state index in [9.17, 15) is 14.7 Å². The molecule has 132 valence electrons. The summed E-state index contributed by atoms with van der Waals surface area (Å²) in [4.78, 5) is 24.1. The molecule has 0 fully saturated rings. The third-order valence-electron chi connectivity index (χ3n) is 3.95. The summed E-state index contributed by atoms with van der Waals surface area (Å²) < 4.78 is 0. The van der Waals surface area contributed by atoms with E-state index in [-0.39, 0.29) is 30.8 Å². The lowest BCUT2D eigenvalue weighted by molar-refractivity contribution is -0.121. The van der Waals surface area contributed by atoms with Crippen LogP contribution in [0.15, 0.2) is 54.6 Å². The number of benzene rings is 2. The quantitative estimate of drug-likeness (QED) is 0.724. The molecule has 0 aromatic heterocycles. The first-order valence-corrected chi connectivity index (χ1v) is 8.33. The molecule has 2 amide bonds. The van der Waals surface area contributed by atoms with E-state index in [2.05, 4.69) is 10.6 Å². The van der Waals surface area contributed by atoms with Crippen molar-refractivity contribution < 1.29 is 14.7 Å². The minimum atomic E-state index is -0.751. The summed E-state index contributed by atoms with van der Waals surface area (Å²) >= 11 is 0. The van der Waals surface area contributed by atoms with Crippen molar-refractivity contribution in [3.05, 3.63) is 71.3 Å². The molecule has 0 aliphatic carbocycles. The third-order valence-corrected chi connectivity index (χ3v) is 3.95. The molecule has 2 unspecified atom stereocenters. The Bertz CT molecular complexity index is 716. The topological polar surface area (TPSA) is 78.4 Å². The number of aryl methyl sites for hydroxylation is 1. The fourth-order valence-corrected chi connectivity index (χ4v) is 2.58. The Balaban J connectivity index is 1.78. The third kappa shape index (κ3) is 5.72. The normalized spacial score (nSPS) is 12.9. The smallest absolute Gasteiger partial charge is 0.251 e. The van der Waals surface area contributed by atoms with Crippen LogP contribution in [-0.4, -0.2) is 29.5 Å². The zero-order valence-electron chi connectivity index (χ0n) is 14.5. The Morgan fingerprint density at radius 2 is 1.68 bits per heavy atom. The van der Waals surface area contributed by atoms with Crippen molar-refractivity contribution in [1.82, 2.24) is 10.6 Å². The zero-order valence-corrected chi connectivity index (χ0v) is 14.5. The lowest BCUT2D eigenvalue weighted by atomic mass is 10.0. The van der Waals surface area contributed by atoms with Gasteiger partial charge in [-0.1, -0.05) is 42.5 Å². The van der Waals surface area contributed by atoms with Gasteiger partial charge in [0, 0.05) is 24.6 Å². The van der Waals surface area contributed by atoms with E-state index in [0.717, 1.165) is 11.1 Å². The van der Waals surface area contributed by atoms with E-state index >= 15 is 0 Å². The van der Waals surface area contributed by atoms with Crippen molar-refractivity contribution >= 4 is 11.8 Å². The average molecular weight is 340 g/mol. The van der Waals surface area contributed by atoms with Crippen LogP contribution in [0, 0.1) is 6.92 Å². The molecule has 0 bridgehead atoms. The van der Waals surface area contributed by atoms with Crippen LogP contribution in [0.5, 0.6) is 0 Å². The fraction of sp³-hybridized carbons (Fsp3) is 0.300. The molecule has 2 aromatic rings. The SMILES string of the molecule is Cc1ccccc1C(O)CNC(=O)CC(C)NC(=O)c1ccccc1. The molecule has 2 aromatic carbocycles. The summed E-state index contributed by atoms with van der Waals surface area (Å²) in [5, 5.41) is 15.7. The molecule has 5 nitrogen and oxygen atoms in total. The van der Waals surface area contributed by atoms with Crippen molar-refractivity contribution in [3.8, 4) is 0 Å². The molecule has 0 aliphatic heterocycles. The van der Waals surface area contributed by atoms with Gasteiger partial charge in [0.2, 0.25) is 5.91 Å². The van der Waals surface area contributed by atoms with Gasteiger partial charge >= 0.3 is 0 Å². The van der Waals surface area contributed by atoms with Crippen LogP contribution in [-0.2, 0) is 4.79 Å². The predicted octanol–water partition coefficient (Wildman–Crippen LogP) is 2.35. The first-order valence-electron chi connectivity index (χ1n) is 8.33. The minimum absolute atomic E-state index is 0.142. The Morgan fingerprint density at radius 3 is 2.36 bits per heavy atom. The highest BCUT2D eigenvalue weighted by molar-refractivity contribution is 5.94. The molecule has 0 saturated carbocycles.